The van der Waals surface area contributed by atoms with Crippen molar-refractivity contribution in [2.75, 3.05) is 20.8 Å². The van der Waals surface area contributed by atoms with Crippen LogP contribution in [-0.2, 0) is 11.3 Å². The number of ether oxygens (including phenoxy) is 3. The van der Waals surface area contributed by atoms with E-state index in [-0.39, 0.29) is 24.4 Å². The van der Waals surface area contributed by atoms with Gasteiger partial charge in [-0.2, -0.15) is 0 Å². The van der Waals surface area contributed by atoms with Gasteiger partial charge in [-0.1, -0.05) is 19.1 Å². The van der Waals surface area contributed by atoms with Crippen LogP contribution in [0.1, 0.15) is 47.1 Å². The van der Waals surface area contributed by atoms with E-state index in [9.17, 15) is 9.18 Å². The third kappa shape index (κ3) is 4.57. The molecule has 30 heavy (non-hydrogen) atoms. The first-order chi connectivity index (χ1) is 14.5. The van der Waals surface area contributed by atoms with E-state index < -0.39 is 0 Å². The van der Waals surface area contributed by atoms with E-state index in [0.29, 0.717) is 33.9 Å². The summed E-state index contributed by atoms with van der Waals surface area (Å²) in [5, 5.41) is 3.45. The zero-order valence-electron chi connectivity index (χ0n) is 17.6. The Hall–Kier alpha value is -2.64. The largest absolute Gasteiger partial charge is 0.493 e. The topological polar surface area (TPSA) is 56.8 Å². The van der Waals surface area contributed by atoms with Gasteiger partial charge >= 0.3 is 0 Å². The predicted molar refractivity (Wildman–Crippen MR) is 117 cm³/mol. The van der Waals surface area contributed by atoms with Gasteiger partial charge in [0.2, 0.25) is 0 Å². The molecule has 1 aromatic heterocycles. The fourth-order valence-corrected chi connectivity index (χ4v) is 4.39. The van der Waals surface area contributed by atoms with Crippen molar-refractivity contribution in [1.82, 2.24) is 5.32 Å². The third-order valence-corrected chi connectivity index (χ3v) is 5.95. The molecule has 1 N–H and O–H groups in total. The number of rotatable bonds is 9. The van der Waals surface area contributed by atoms with Gasteiger partial charge in [-0.3, -0.25) is 4.79 Å². The number of hydrogen-bond donors (Lipinski definition) is 1. The SMILES string of the molecule is CCCOc1ccc(C(C)NC(=O)c2sc3cccc(F)c3c2COC)cc1OC. The van der Waals surface area contributed by atoms with Crippen LogP contribution in [0, 0.1) is 5.82 Å². The molecule has 1 amide bonds. The van der Waals surface area contributed by atoms with Gasteiger partial charge in [0.15, 0.2) is 11.5 Å². The Morgan fingerprint density at radius 1 is 1.20 bits per heavy atom. The number of halogens is 1. The second-order valence-electron chi connectivity index (χ2n) is 6.91. The van der Waals surface area contributed by atoms with E-state index in [1.165, 1.54) is 24.5 Å². The number of methoxy groups -OCH3 is 2. The van der Waals surface area contributed by atoms with Gasteiger partial charge in [-0.15, -0.1) is 11.3 Å². The molecule has 1 atom stereocenters. The summed E-state index contributed by atoms with van der Waals surface area (Å²) < 4.78 is 31.5. The molecular formula is C23H26FNO4S. The summed E-state index contributed by atoms with van der Waals surface area (Å²) in [7, 11) is 3.12. The van der Waals surface area contributed by atoms with Crippen LogP contribution in [0.4, 0.5) is 4.39 Å². The molecule has 1 unspecified atom stereocenters. The van der Waals surface area contributed by atoms with E-state index in [2.05, 4.69) is 5.32 Å². The molecule has 0 fully saturated rings. The highest BCUT2D eigenvalue weighted by atomic mass is 32.1. The van der Waals surface area contributed by atoms with Crippen LogP contribution < -0.4 is 14.8 Å². The van der Waals surface area contributed by atoms with E-state index in [4.69, 9.17) is 14.2 Å². The first-order valence-corrected chi connectivity index (χ1v) is 10.6. The molecule has 0 bridgehead atoms. The summed E-state index contributed by atoms with van der Waals surface area (Å²) in [6.45, 7) is 4.70. The van der Waals surface area contributed by atoms with Crippen LogP contribution in [-0.4, -0.2) is 26.7 Å². The molecule has 0 spiro atoms. The Morgan fingerprint density at radius 3 is 2.70 bits per heavy atom. The number of carbonyl (C=O) groups is 1. The molecule has 0 radical (unpaired) electrons. The van der Waals surface area contributed by atoms with Crippen molar-refractivity contribution in [2.24, 2.45) is 0 Å². The second kappa shape index (κ2) is 9.91. The molecule has 3 aromatic rings. The number of nitrogens with one attached hydrogen (secondary N) is 1. The second-order valence-corrected chi connectivity index (χ2v) is 7.96. The highest BCUT2D eigenvalue weighted by Crippen LogP contribution is 2.35. The van der Waals surface area contributed by atoms with Crippen LogP contribution in [0.25, 0.3) is 10.1 Å². The summed E-state index contributed by atoms with van der Waals surface area (Å²) in [5.74, 6) is 0.672. The van der Waals surface area contributed by atoms with Gasteiger partial charge in [0, 0.05) is 22.8 Å². The van der Waals surface area contributed by atoms with Gasteiger partial charge in [0.1, 0.15) is 5.82 Å². The highest BCUT2D eigenvalue weighted by molar-refractivity contribution is 7.21. The van der Waals surface area contributed by atoms with Gasteiger partial charge < -0.3 is 19.5 Å². The number of amides is 1. The summed E-state index contributed by atoms with van der Waals surface area (Å²) in [6.07, 6.45) is 0.900. The summed E-state index contributed by atoms with van der Waals surface area (Å²) in [6, 6.07) is 10.2. The lowest BCUT2D eigenvalue weighted by atomic mass is 10.1. The van der Waals surface area contributed by atoms with Crippen molar-refractivity contribution >= 4 is 27.3 Å². The Bertz CT molecular complexity index is 1030. The lowest BCUT2D eigenvalue weighted by molar-refractivity contribution is 0.0939. The lowest BCUT2D eigenvalue weighted by Crippen LogP contribution is -2.26. The highest BCUT2D eigenvalue weighted by Gasteiger charge is 2.22. The van der Waals surface area contributed by atoms with Crippen molar-refractivity contribution < 1.29 is 23.4 Å². The Morgan fingerprint density at radius 2 is 2.00 bits per heavy atom. The van der Waals surface area contributed by atoms with Crippen LogP contribution >= 0.6 is 11.3 Å². The quantitative estimate of drug-likeness (QED) is 0.488. The number of thiophene rings is 1. The average Bonchev–Trinajstić information content (AvgIpc) is 3.12. The molecule has 0 aliphatic heterocycles. The monoisotopic (exact) mass is 431 g/mol. The zero-order chi connectivity index (χ0) is 21.7. The van der Waals surface area contributed by atoms with Gasteiger partial charge in [-0.05, 0) is 43.2 Å². The van der Waals surface area contributed by atoms with Crippen LogP contribution in [0.5, 0.6) is 11.5 Å². The maximum absolute atomic E-state index is 14.4. The van der Waals surface area contributed by atoms with E-state index in [0.717, 1.165) is 16.7 Å². The number of fused-ring (bicyclic) bond motifs is 1. The maximum atomic E-state index is 14.4. The molecule has 3 rings (SSSR count). The van der Waals surface area contributed by atoms with Crippen molar-refractivity contribution in [3.8, 4) is 11.5 Å². The van der Waals surface area contributed by atoms with E-state index in [1.54, 1.807) is 13.2 Å². The minimum Gasteiger partial charge on any atom is -0.493 e. The standard InChI is InChI=1S/C23H26FNO4S/c1-5-11-29-18-10-9-15(12-19(18)28-4)14(2)25-23(26)22-16(13-27-3)21-17(24)7-6-8-20(21)30-22/h6-10,12,14H,5,11,13H2,1-4H3,(H,25,26). The first-order valence-electron chi connectivity index (χ1n) is 9.80. The molecule has 160 valence electrons. The van der Waals surface area contributed by atoms with Crippen LogP contribution in [0.2, 0.25) is 0 Å². The minimum absolute atomic E-state index is 0.162. The first kappa shape index (κ1) is 22.1. The number of benzene rings is 2. The molecular weight excluding hydrogens is 405 g/mol. The molecule has 2 aromatic carbocycles. The molecule has 0 aliphatic rings. The van der Waals surface area contributed by atoms with Crippen molar-refractivity contribution in [2.45, 2.75) is 32.9 Å². The van der Waals surface area contributed by atoms with E-state index in [1.807, 2.05) is 38.1 Å². The van der Waals surface area contributed by atoms with Gasteiger partial charge in [0.25, 0.3) is 5.91 Å². The molecule has 0 saturated carbocycles. The number of hydrogen-bond acceptors (Lipinski definition) is 5. The Balaban J connectivity index is 1.85. The summed E-state index contributed by atoms with van der Waals surface area (Å²) in [5.41, 5.74) is 1.45. The fourth-order valence-electron chi connectivity index (χ4n) is 3.26. The molecule has 5 nitrogen and oxygen atoms in total. The zero-order valence-corrected chi connectivity index (χ0v) is 18.4. The number of carbonyl (C=O) groups excluding carboxylic acids is 1. The summed E-state index contributed by atoms with van der Waals surface area (Å²) in [4.78, 5) is 13.5. The normalized spacial score (nSPS) is 12.0. The van der Waals surface area contributed by atoms with Crippen molar-refractivity contribution in [3.05, 3.63) is 58.2 Å². The molecule has 0 aliphatic carbocycles. The van der Waals surface area contributed by atoms with E-state index >= 15 is 0 Å². The van der Waals surface area contributed by atoms with Crippen LogP contribution in [0.15, 0.2) is 36.4 Å². The maximum Gasteiger partial charge on any atom is 0.262 e. The third-order valence-electron chi connectivity index (χ3n) is 4.76. The lowest BCUT2D eigenvalue weighted by Gasteiger charge is -2.17. The van der Waals surface area contributed by atoms with Crippen LogP contribution in [0.3, 0.4) is 0 Å². The predicted octanol–water partition coefficient (Wildman–Crippen LogP) is 5.48. The average molecular weight is 432 g/mol. The fraction of sp³-hybridized carbons (Fsp3) is 0.348. The van der Waals surface area contributed by atoms with Gasteiger partial charge in [0.05, 0.1) is 31.2 Å². The summed E-state index contributed by atoms with van der Waals surface area (Å²) >= 11 is 1.27. The molecule has 7 heteroatoms. The Kier molecular flexibility index (Phi) is 7.29. The van der Waals surface area contributed by atoms with Crippen molar-refractivity contribution in [3.63, 3.8) is 0 Å². The van der Waals surface area contributed by atoms with Gasteiger partial charge in [-0.25, -0.2) is 4.39 Å². The Labute approximate surface area is 179 Å². The van der Waals surface area contributed by atoms with Crippen molar-refractivity contribution in [1.29, 1.82) is 0 Å². The smallest absolute Gasteiger partial charge is 0.262 e. The minimum atomic E-state index is -0.352. The molecule has 0 saturated heterocycles. The molecule has 1 heterocycles.